The lowest BCUT2D eigenvalue weighted by Crippen LogP contribution is -2.47. The van der Waals surface area contributed by atoms with E-state index in [1.165, 1.54) is 5.69 Å². The van der Waals surface area contributed by atoms with E-state index >= 15 is 0 Å². The molecule has 0 amide bonds. The van der Waals surface area contributed by atoms with E-state index in [1.807, 2.05) is 31.1 Å². The Labute approximate surface area is 148 Å². The van der Waals surface area contributed by atoms with Crippen molar-refractivity contribution in [1.82, 2.24) is 14.9 Å². The zero-order valence-electron chi connectivity index (χ0n) is 15.0. The van der Waals surface area contributed by atoms with Crippen molar-refractivity contribution in [2.24, 2.45) is 4.99 Å². The molecule has 7 heteroatoms. The first kappa shape index (κ1) is 17.0. The van der Waals surface area contributed by atoms with Crippen molar-refractivity contribution in [2.45, 2.75) is 0 Å². The van der Waals surface area contributed by atoms with Crippen LogP contribution in [0.1, 0.15) is 0 Å². The van der Waals surface area contributed by atoms with E-state index in [-0.39, 0.29) is 0 Å². The largest absolute Gasteiger partial charge is 0.497 e. The summed E-state index contributed by atoms with van der Waals surface area (Å²) in [5.74, 6) is 1.64. The number of benzene rings is 1. The van der Waals surface area contributed by atoms with E-state index in [1.54, 1.807) is 25.8 Å². The molecule has 0 bridgehead atoms. The SMILES string of the molecule is COc1ccc(N2CCN(c3ncc(/N=C/N(C)C)cn3)CC2)cc1. The zero-order valence-corrected chi connectivity index (χ0v) is 15.0. The second kappa shape index (κ2) is 7.83. The van der Waals surface area contributed by atoms with Crippen LogP contribution in [0.3, 0.4) is 0 Å². The molecule has 2 heterocycles. The van der Waals surface area contributed by atoms with Gasteiger partial charge < -0.3 is 19.4 Å². The van der Waals surface area contributed by atoms with Gasteiger partial charge in [0.2, 0.25) is 5.95 Å². The predicted octanol–water partition coefficient (Wildman–Crippen LogP) is 2.03. The number of hydrogen-bond donors (Lipinski definition) is 0. The Kier molecular flexibility index (Phi) is 5.33. The van der Waals surface area contributed by atoms with Gasteiger partial charge in [0.25, 0.3) is 0 Å². The van der Waals surface area contributed by atoms with Gasteiger partial charge >= 0.3 is 0 Å². The summed E-state index contributed by atoms with van der Waals surface area (Å²) in [4.78, 5) is 19.6. The highest BCUT2D eigenvalue weighted by Gasteiger charge is 2.19. The Bertz CT molecular complexity index is 691. The summed E-state index contributed by atoms with van der Waals surface area (Å²) >= 11 is 0. The van der Waals surface area contributed by atoms with E-state index in [0.29, 0.717) is 0 Å². The van der Waals surface area contributed by atoms with E-state index in [0.717, 1.165) is 43.6 Å². The van der Waals surface area contributed by atoms with Crippen LogP contribution in [0.25, 0.3) is 0 Å². The molecule has 1 aliphatic heterocycles. The quantitative estimate of drug-likeness (QED) is 0.613. The average Bonchev–Trinajstić information content (AvgIpc) is 2.67. The maximum atomic E-state index is 5.22. The van der Waals surface area contributed by atoms with Gasteiger partial charge in [-0.15, -0.1) is 0 Å². The fourth-order valence-electron chi connectivity index (χ4n) is 2.68. The Balaban J connectivity index is 1.58. The first-order valence-electron chi connectivity index (χ1n) is 8.32. The van der Waals surface area contributed by atoms with Crippen molar-refractivity contribution in [3.8, 4) is 5.75 Å². The first-order valence-corrected chi connectivity index (χ1v) is 8.32. The molecular weight excluding hydrogens is 316 g/mol. The summed E-state index contributed by atoms with van der Waals surface area (Å²) in [5, 5.41) is 0. The molecule has 1 fully saturated rings. The van der Waals surface area contributed by atoms with Gasteiger partial charge in [-0.3, -0.25) is 0 Å². The number of aliphatic imine (C=N–C) groups is 1. The molecule has 0 atom stereocenters. The van der Waals surface area contributed by atoms with Gasteiger partial charge in [-0.05, 0) is 24.3 Å². The van der Waals surface area contributed by atoms with Crippen molar-refractivity contribution in [2.75, 3.05) is 57.2 Å². The highest BCUT2D eigenvalue weighted by atomic mass is 16.5. The predicted molar refractivity (Wildman–Crippen MR) is 101 cm³/mol. The number of rotatable bonds is 5. The van der Waals surface area contributed by atoms with Crippen LogP contribution >= 0.6 is 0 Å². The van der Waals surface area contributed by atoms with Gasteiger partial charge in [-0.1, -0.05) is 0 Å². The van der Waals surface area contributed by atoms with Gasteiger partial charge in [-0.2, -0.15) is 0 Å². The Morgan fingerprint density at radius 2 is 1.60 bits per heavy atom. The minimum absolute atomic E-state index is 0.759. The molecule has 7 nitrogen and oxygen atoms in total. The third-order valence-electron chi connectivity index (χ3n) is 4.06. The van der Waals surface area contributed by atoms with Gasteiger partial charge in [-0.25, -0.2) is 15.0 Å². The smallest absolute Gasteiger partial charge is 0.225 e. The van der Waals surface area contributed by atoms with Crippen molar-refractivity contribution in [3.05, 3.63) is 36.7 Å². The van der Waals surface area contributed by atoms with Crippen LogP contribution in [0.2, 0.25) is 0 Å². The number of hydrogen-bond acceptors (Lipinski definition) is 6. The lowest BCUT2D eigenvalue weighted by atomic mass is 10.2. The summed E-state index contributed by atoms with van der Waals surface area (Å²) in [6, 6.07) is 8.20. The number of aromatic nitrogens is 2. The maximum Gasteiger partial charge on any atom is 0.225 e. The van der Waals surface area contributed by atoms with Crippen LogP contribution in [0.5, 0.6) is 5.75 Å². The van der Waals surface area contributed by atoms with Crippen LogP contribution in [0, 0.1) is 0 Å². The topological polar surface area (TPSA) is 57.1 Å². The summed E-state index contributed by atoms with van der Waals surface area (Å²) in [6.45, 7) is 3.67. The summed E-state index contributed by atoms with van der Waals surface area (Å²) in [6.07, 6.45) is 5.27. The fraction of sp³-hybridized carbons (Fsp3) is 0.389. The van der Waals surface area contributed by atoms with Crippen LogP contribution < -0.4 is 14.5 Å². The normalized spacial score (nSPS) is 14.8. The first-order chi connectivity index (χ1) is 12.2. The van der Waals surface area contributed by atoms with E-state index in [4.69, 9.17) is 4.74 Å². The molecule has 132 valence electrons. The molecular formula is C18H24N6O. The van der Waals surface area contributed by atoms with Crippen molar-refractivity contribution in [1.29, 1.82) is 0 Å². The summed E-state index contributed by atoms with van der Waals surface area (Å²) in [7, 11) is 5.55. The van der Waals surface area contributed by atoms with Crippen molar-refractivity contribution in [3.63, 3.8) is 0 Å². The zero-order chi connectivity index (χ0) is 17.6. The van der Waals surface area contributed by atoms with Gasteiger partial charge in [0, 0.05) is 46.0 Å². The minimum Gasteiger partial charge on any atom is -0.497 e. The van der Waals surface area contributed by atoms with E-state index in [2.05, 4.69) is 36.9 Å². The second-order valence-corrected chi connectivity index (χ2v) is 6.12. The number of piperazine rings is 1. The lowest BCUT2D eigenvalue weighted by Gasteiger charge is -2.36. The molecule has 1 aliphatic rings. The number of methoxy groups -OCH3 is 1. The average molecular weight is 340 g/mol. The molecule has 0 saturated carbocycles. The number of ether oxygens (including phenoxy) is 1. The Morgan fingerprint density at radius 1 is 1.00 bits per heavy atom. The van der Waals surface area contributed by atoms with E-state index in [9.17, 15) is 0 Å². The summed E-state index contributed by atoms with van der Waals surface area (Å²) in [5.41, 5.74) is 1.98. The molecule has 0 radical (unpaired) electrons. The lowest BCUT2D eigenvalue weighted by molar-refractivity contribution is 0.415. The molecule has 1 aromatic heterocycles. The number of anilines is 2. The molecule has 0 N–H and O–H groups in total. The van der Waals surface area contributed by atoms with Gasteiger partial charge in [0.1, 0.15) is 11.4 Å². The van der Waals surface area contributed by atoms with Crippen LogP contribution in [-0.4, -0.2) is 68.6 Å². The van der Waals surface area contributed by atoms with Crippen LogP contribution in [0.4, 0.5) is 17.3 Å². The fourth-order valence-corrected chi connectivity index (χ4v) is 2.68. The minimum atomic E-state index is 0.759. The molecule has 1 saturated heterocycles. The van der Waals surface area contributed by atoms with Crippen molar-refractivity contribution < 1.29 is 4.74 Å². The Hall–Kier alpha value is -2.83. The highest BCUT2D eigenvalue weighted by Crippen LogP contribution is 2.21. The van der Waals surface area contributed by atoms with Gasteiger partial charge in [0.05, 0.1) is 25.8 Å². The van der Waals surface area contributed by atoms with Crippen LogP contribution in [0.15, 0.2) is 41.7 Å². The molecule has 0 unspecified atom stereocenters. The molecule has 2 aromatic rings. The number of nitrogens with zero attached hydrogens (tertiary/aromatic N) is 6. The molecule has 25 heavy (non-hydrogen) atoms. The monoisotopic (exact) mass is 340 g/mol. The second-order valence-electron chi connectivity index (χ2n) is 6.12. The third kappa shape index (κ3) is 4.37. The van der Waals surface area contributed by atoms with Crippen LogP contribution in [-0.2, 0) is 0 Å². The molecule has 3 rings (SSSR count). The standard InChI is InChI=1S/C18H24N6O/c1-22(2)14-21-15-12-19-18(20-13-15)24-10-8-23(9-11-24)16-4-6-17(25-3)7-5-16/h4-7,12-14H,8-11H2,1-3H3/b21-14+. The highest BCUT2D eigenvalue weighted by molar-refractivity contribution is 5.60. The third-order valence-corrected chi connectivity index (χ3v) is 4.06. The molecule has 1 aromatic carbocycles. The van der Waals surface area contributed by atoms with Crippen molar-refractivity contribution >= 4 is 23.7 Å². The molecule has 0 aliphatic carbocycles. The van der Waals surface area contributed by atoms with Gasteiger partial charge in [0.15, 0.2) is 0 Å². The molecule has 0 spiro atoms. The maximum absolute atomic E-state index is 5.22. The summed E-state index contributed by atoms with van der Waals surface area (Å²) < 4.78 is 5.22. The van der Waals surface area contributed by atoms with E-state index < -0.39 is 0 Å². The Morgan fingerprint density at radius 3 is 2.16 bits per heavy atom.